The van der Waals surface area contributed by atoms with Crippen LogP contribution in [0.3, 0.4) is 0 Å². The molecule has 2 aromatic rings. The fourth-order valence-corrected chi connectivity index (χ4v) is 11.3. The van der Waals surface area contributed by atoms with Gasteiger partial charge in [0.1, 0.15) is 0 Å². The van der Waals surface area contributed by atoms with E-state index >= 15 is 0 Å². The van der Waals surface area contributed by atoms with Gasteiger partial charge in [0.05, 0.1) is 53.2 Å². The summed E-state index contributed by atoms with van der Waals surface area (Å²) in [6, 6.07) is 58.7. The summed E-state index contributed by atoms with van der Waals surface area (Å²) in [4.78, 5) is 2.62. The van der Waals surface area contributed by atoms with Crippen LogP contribution in [0.2, 0.25) is 0 Å². The van der Waals surface area contributed by atoms with Crippen LogP contribution >= 0.6 is 22.7 Å². The molecule has 0 fully saturated rings. The molecule has 0 saturated heterocycles. The minimum absolute atomic E-state index is 1.30. The van der Waals surface area contributed by atoms with Crippen LogP contribution in [-0.2, 0) is 0 Å². The Labute approximate surface area is 326 Å². The molecule has 8 aliphatic carbocycles. The molecule has 0 aromatic carbocycles. The van der Waals surface area contributed by atoms with Crippen LogP contribution in [0.25, 0.3) is 53.9 Å². The maximum absolute atomic E-state index is 2.47. The van der Waals surface area contributed by atoms with Gasteiger partial charge >= 0.3 is 0 Å². The minimum atomic E-state index is 1.30. The lowest BCUT2D eigenvalue weighted by Crippen LogP contribution is -2.03. The van der Waals surface area contributed by atoms with Gasteiger partial charge in [-0.1, -0.05) is 72.8 Å². The van der Waals surface area contributed by atoms with Gasteiger partial charge in [-0.15, -0.1) is 22.7 Å². The molecular weight excluding hydrogens is 689 g/mol. The molecule has 0 atom stereocenters. The Bertz CT molecular complexity index is 2460. The first-order chi connectivity index (χ1) is 26.4. The van der Waals surface area contributed by atoms with E-state index in [9.17, 15) is 0 Å². The molecule has 0 spiro atoms. The molecule has 0 nitrogen and oxygen atoms in total. The van der Waals surface area contributed by atoms with Gasteiger partial charge in [-0.05, 0) is 98.5 Å². The van der Waals surface area contributed by atoms with E-state index in [0.29, 0.717) is 0 Å². The summed E-state index contributed by atoms with van der Waals surface area (Å²) >= 11 is 3.86. The van der Waals surface area contributed by atoms with E-state index in [1.165, 1.54) is 120 Å². The molecule has 0 aliphatic heterocycles. The summed E-state index contributed by atoms with van der Waals surface area (Å²) in [6.07, 6.45) is 0. The fourth-order valence-electron chi connectivity index (χ4n) is 8.72. The molecule has 2 heterocycles. The number of rotatable bonds is 6. The summed E-state index contributed by atoms with van der Waals surface area (Å²) in [6.45, 7) is 8.99. The predicted molar refractivity (Wildman–Crippen MR) is 232 cm³/mol. The maximum atomic E-state index is 2.47. The molecule has 0 unspecified atom stereocenters. The van der Waals surface area contributed by atoms with E-state index in [-0.39, 0.29) is 0 Å². The number of hydrogen-bond acceptors (Lipinski definition) is 2. The zero-order chi connectivity index (χ0) is 36.5. The quantitative estimate of drug-likeness (QED) is 0.150. The third kappa shape index (κ3) is 5.24. The predicted octanol–water partition coefficient (Wildman–Crippen LogP) is 14.7. The van der Waals surface area contributed by atoms with Crippen LogP contribution < -0.4 is 0 Å². The van der Waals surface area contributed by atoms with Crippen molar-refractivity contribution in [2.75, 3.05) is 0 Å². The second-order valence-corrected chi connectivity index (χ2v) is 16.8. The summed E-state index contributed by atoms with van der Waals surface area (Å²) in [5, 5.41) is 0. The average molecular weight is 727 g/mol. The lowest BCUT2D eigenvalue weighted by Gasteiger charge is -2.12. The van der Waals surface area contributed by atoms with Crippen molar-refractivity contribution in [1.82, 2.24) is 0 Å². The highest BCUT2D eigenvalue weighted by Crippen LogP contribution is 2.52. The average Bonchev–Trinajstić information content (AvgIpc) is 3.79. The number of fused-ring (bicyclic) bond motifs is 5. The lowest BCUT2D eigenvalue weighted by molar-refractivity contribution is 1.30. The van der Waals surface area contributed by atoms with Crippen LogP contribution in [0, 0.1) is 39.5 Å². The van der Waals surface area contributed by atoms with Crippen LogP contribution in [0.4, 0.5) is 0 Å². The molecule has 2 heteroatoms. The number of hydrogen-bond donors (Lipinski definition) is 0. The first-order valence-corrected chi connectivity index (χ1v) is 20.3. The zero-order valence-corrected chi connectivity index (χ0v) is 32.5. The van der Waals surface area contributed by atoms with E-state index in [0.717, 1.165) is 0 Å². The van der Waals surface area contributed by atoms with Gasteiger partial charge in [0.25, 0.3) is 0 Å². The topological polar surface area (TPSA) is 0 Å². The SMILES string of the molecule is Cc1cc([C+](c2cc3sc([C+](c4cc(C)c5cccccc4-5)c4cc(C)c5cccccc4-5)cc3s2)c2cc(C)c3cccccc2-3)c2cccccc1-2. The largest absolute Gasteiger partial charge is 0.112 e. The Morgan fingerprint density at radius 3 is 0.796 bits per heavy atom. The number of aryl methyl sites for hydroxylation is 4. The number of thiophene rings is 2. The van der Waals surface area contributed by atoms with Crippen LogP contribution in [0.15, 0.2) is 158 Å². The summed E-state index contributed by atoms with van der Waals surface area (Å²) in [5.74, 6) is 2.64. The third-order valence-corrected chi connectivity index (χ3v) is 13.6. The van der Waals surface area contributed by atoms with Gasteiger partial charge in [-0.3, -0.25) is 0 Å². The van der Waals surface area contributed by atoms with Gasteiger partial charge in [0.2, 0.25) is 0 Å². The molecule has 54 heavy (non-hydrogen) atoms. The van der Waals surface area contributed by atoms with Crippen molar-refractivity contribution >= 4 is 32.1 Å². The smallest absolute Gasteiger partial charge is 0.0940 e. The highest BCUT2D eigenvalue weighted by atomic mass is 32.1. The zero-order valence-electron chi connectivity index (χ0n) is 30.8. The molecule has 0 saturated carbocycles. The Morgan fingerprint density at radius 1 is 0.296 bits per heavy atom. The van der Waals surface area contributed by atoms with Crippen molar-refractivity contribution in [3.8, 4) is 44.5 Å². The Balaban J connectivity index is 1.18. The molecule has 10 rings (SSSR count). The van der Waals surface area contributed by atoms with Crippen molar-refractivity contribution in [2.45, 2.75) is 27.7 Å². The highest BCUT2D eigenvalue weighted by molar-refractivity contribution is 7.28. The molecule has 256 valence electrons. The minimum Gasteiger partial charge on any atom is -0.112 e. The van der Waals surface area contributed by atoms with E-state index in [1.807, 2.05) is 22.7 Å². The standard InChI is InChI=1S/C52H38S2/c1-31-25-43(39-21-13-5-9-17-35(31)39)51(44-26-32(2)36-18-10-6-14-22-40(36)44)49-29-47-48(53-49)30-50(54-47)52(45-27-33(3)37-19-11-7-15-23-41(37)45)46-28-34(4)38-20-12-8-16-24-42(38)46/h5-30H,1-4H3/q+2. The highest BCUT2D eigenvalue weighted by Gasteiger charge is 2.38. The van der Waals surface area contributed by atoms with Gasteiger partial charge in [-0.2, -0.15) is 0 Å². The summed E-state index contributed by atoms with van der Waals surface area (Å²) in [7, 11) is 0. The van der Waals surface area contributed by atoms with Gasteiger partial charge in [-0.25, -0.2) is 0 Å². The monoisotopic (exact) mass is 726 g/mol. The van der Waals surface area contributed by atoms with E-state index < -0.39 is 0 Å². The van der Waals surface area contributed by atoms with Crippen molar-refractivity contribution in [3.63, 3.8) is 0 Å². The molecule has 0 amide bonds. The van der Waals surface area contributed by atoms with Crippen LogP contribution in [-0.4, -0.2) is 0 Å². The maximum Gasteiger partial charge on any atom is 0.0940 e. The van der Waals surface area contributed by atoms with E-state index in [1.54, 1.807) is 0 Å². The normalized spacial score (nSPS) is 11.7. The van der Waals surface area contributed by atoms with Gasteiger partial charge in [0.15, 0.2) is 0 Å². The molecule has 2 aromatic heterocycles. The van der Waals surface area contributed by atoms with Gasteiger partial charge < -0.3 is 0 Å². The van der Waals surface area contributed by atoms with Crippen molar-refractivity contribution in [3.05, 3.63) is 224 Å². The summed E-state index contributed by atoms with van der Waals surface area (Å²) in [5.41, 5.74) is 20.9. The summed E-state index contributed by atoms with van der Waals surface area (Å²) < 4.78 is 2.65. The van der Waals surface area contributed by atoms with Crippen molar-refractivity contribution in [1.29, 1.82) is 0 Å². The molecule has 0 N–H and O–H groups in total. The Hall–Kier alpha value is -5.80. The van der Waals surface area contributed by atoms with Crippen molar-refractivity contribution in [2.24, 2.45) is 0 Å². The van der Waals surface area contributed by atoms with Crippen LogP contribution in [0.1, 0.15) is 54.3 Å². The van der Waals surface area contributed by atoms with E-state index in [4.69, 9.17) is 0 Å². The Kier molecular flexibility index (Phi) is 7.87. The Morgan fingerprint density at radius 2 is 0.537 bits per heavy atom. The van der Waals surface area contributed by atoms with Crippen LogP contribution in [0.5, 0.6) is 0 Å². The lowest BCUT2D eigenvalue weighted by atomic mass is 9.87. The molecule has 0 bridgehead atoms. The van der Waals surface area contributed by atoms with Crippen molar-refractivity contribution < 1.29 is 0 Å². The molecular formula is C52H38S2+2. The van der Waals surface area contributed by atoms with E-state index in [2.05, 4.69) is 185 Å². The second kappa shape index (κ2) is 13.0. The first kappa shape index (κ1) is 32.8. The van der Waals surface area contributed by atoms with Gasteiger partial charge in [0, 0.05) is 80.9 Å². The molecule has 0 radical (unpaired) electrons. The first-order valence-electron chi connectivity index (χ1n) is 18.7. The third-order valence-electron chi connectivity index (χ3n) is 11.2. The fraction of sp³-hybridized carbons (Fsp3) is 0.0769. The second-order valence-electron chi connectivity index (χ2n) is 14.6. The molecule has 8 aliphatic rings.